The summed E-state index contributed by atoms with van der Waals surface area (Å²) in [5, 5.41) is 17.0. The second-order valence-corrected chi connectivity index (χ2v) is 2.20. The molecular formula is C9H6N2O2. The molecule has 0 aliphatic rings. The van der Waals surface area contributed by atoms with Gasteiger partial charge in [-0.2, -0.15) is 5.26 Å². The molecule has 13 heavy (non-hydrogen) atoms. The minimum atomic E-state index is -1.05. The van der Waals surface area contributed by atoms with E-state index >= 15 is 0 Å². The third-order valence-corrected chi connectivity index (χ3v) is 1.38. The predicted molar refractivity (Wildman–Crippen MR) is 45.8 cm³/mol. The molecule has 4 heteroatoms. The number of hydrogen-bond acceptors (Lipinski definition) is 3. The van der Waals surface area contributed by atoms with Crippen LogP contribution in [0.25, 0.3) is 6.08 Å². The molecule has 1 N–H and O–H groups in total. The number of nitrogens with zero attached hydrogens (tertiary/aromatic N) is 2. The van der Waals surface area contributed by atoms with E-state index in [9.17, 15) is 4.79 Å². The van der Waals surface area contributed by atoms with Crippen LogP contribution in [0, 0.1) is 11.3 Å². The molecule has 0 saturated carbocycles. The van der Waals surface area contributed by atoms with Crippen LogP contribution in [0.5, 0.6) is 0 Å². The summed E-state index contributed by atoms with van der Waals surface area (Å²) in [6.45, 7) is 0. The molecule has 1 heterocycles. The van der Waals surface area contributed by atoms with Crippen molar-refractivity contribution in [2.24, 2.45) is 0 Å². The van der Waals surface area contributed by atoms with Gasteiger partial charge in [0, 0.05) is 12.3 Å². The van der Waals surface area contributed by atoms with Crippen LogP contribution in [0.15, 0.2) is 24.4 Å². The Bertz CT molecular complexity index is 391. The quantitative estimate of drug-likeness (QED) is 0.686. The van der Waals surface area contributed by atoms with Crippen molar-refractivity contribution >= 4 is 12.0 Å². The molecule has 1 rings (SSSR count). The Labute approximate surface area is 74.8 Å². The van der Waals surface area contributed by atoms with Crippen molar-refractivity contribution < 1.29 is 9.90 Å². The van der Waals surface area contributed by atoms with Crippen LogP contribution in [0.4, 0.5) is 0 Å². The van der Waals surface area contributed by atoms with Gasteiger partial charge in [-0.15, -0.1) is 0 Å². The van der Waals surface area contributed by atoms with Gasteiger partial charge in [-0.3, -0.25) is 4.98 Å². The second kappa shape index (κ2) is 4.02. The first-order chi connectivity index (χ1) is 6.25. The van der Waals surface area contributed by atoms with Crippen molar-refractivity contribution in [3.63, 3.8) is 0 Å². The number of nitriles is 1. The lowest BCUT2D eigenvalue weighted by Crippen LogP contribution is -2.00. The zero-order valence-electron chi connectivity index (χ0n) is 6.64. The van der Waals surface area contributed by atoms with Crippen LogP contribution in [0.3, 0.4) is 0 Å². The predicted octanol–water partition coefficient (Wildman–Crippen LogP) is 1.32. The van der Waals surface area contributed by atoms with Gasteiger partial charge in [0.25, 0.3) is 0 Å². The first-order valence-electron chi connectivity index (χ1n) is 3.50. The van der Waals surface area contributed by atoms with Gasteiger partial charge in [-0.25, -0.2) is 4.79 Å². The van der Waals surface area contributed by atoms with Crippen molar-refractivity contribution in [3.05, 3.63) is 35.7 Å². The van der Waals surface area contributed by atoms with E-state index in [4.69, 9.17) is 10.4 Å². The van der Waals surface area contributed by atoms with Gasteiger partial charge >= 0.3 is 5.97 Å². The summed E-state index contributed by atoms with van der Waals surface area (Å²) in [6, 6.07) is 4.74. The lowest BCUT2D eigenvalue weighted by atomic mass is 10.2. The molecule has 0 atom stereocenters. The summed E-state index contributed by atoms with van der Waals surface area (Å²) < 4.78 is 0. The molecule has 0 saturated heterocycles. The maximum Gasteiger partial charge on any atom is 0.337 e. The fourth-order valence-corrected chi connectivity index (χ4v) is 0.847. The summed E-state index contributed by atoms with van der Waals surface area (Å²) in [7, 11) is 0. The van der Waals surface area contributed by atoms with Crippen LogP contribution in [-0.2, 0) is 0 Å². The van der Waals surface area contributed by atoms with Crippen LogP contribution >= 0.6 is 0 Å². The zero-order chi connectivity index (χ0) is 9.68. The molecule has 0 amide bonds. The molecule has 0 unspecified atom stereocenters. The number of carbonyl (C=O) groups is 1. The average Bonchev–Trinajstić information content (AvgIpc) is 2.15. The van der Waals surface area contributed by atoms with Gasteiger partial charge in [0.1, 0.15) is 0 Å². The molecule has 0 fully saturated rings. The Morgan fingerprint density at radius 1 is 1.69 bits per heavy atom. The molecule has 0 spiro atoms. The molecule has 1 aromatic rings. The van der Waals surface area contributed by atoms with Crippen molar-refractivity contribution in [2.45, 2.75) is 0 Å². The minimum absolute atomic E-state index is 0.0917. The van der Waals surface area contributed by atoms with E-state index < -0.39 is 5.97 Å². The van der Waals surface area contributed by atoms with Crippen molar-refractivity contribution in [1.82, 2.24) is 4.98 Å². The molecule has 1 aromatic heterocycles. The Morgan fingerprint density at radius 3 is 3.08 bits per heavy atom. The molecular weight excluding hydrogens is 168 g/mol. The number of allylic oxidation sites excluding steroid dienone is 1. The normalized spacial score (nSPS) is 9.77. The Balaban J connectivity index is 3.14. The number of hydrogen-bond donors (Lipinski definition) is 1. The Morgan fingerprint density at radius 2 is 2.46 bits per heavy atom. The molecule has 4 nitrogen and oxygen atoms in total. The molecule has 0 aliphatic heterocycles. The fourth-order valence-electron chi connectivity index (χ4n) is 0.847. The van der Waals surface area contributed by atoms with Crippen molar-refractivity contribution in [2.75, 3.05) is 0 Å². The Kier molecular flexibility index (Phi) is 2.77. The second-order valence-electron chi connectivity index (χ2n) is 2.20. The number of carboxylic acids is 1. The average molecular weight is 174 g/mol. The number of rotatable bonds is 2. The summed E-state index contributed by atoms with van der Waals surface area (Å²) in [6.07, 6.45) is 4.03. The Hall–Kier alpha value is -2.15. The van der Waals surface area contributed by atoms with Crippen LogP contribution in [0.2, 0.25) is 0 Å². The topological polar surface area (TPSA) is 74.0 Å². The van der Waals surface area contributed by atoms with E-state index in [1.54, 1.807) is 6.07 Å². The number of pyridine rings is 1. The standard InChI is InChI=1S/C9H6N2O2/c10-5-1-4-8-7(9(12)13)3-2-6-11-8/h1-4,6H,(H,12,13). The van der Waals surface area contributed by atoms with Gasteiger partial charge in [0.2, 0.25) is 0 Å². The van der Waals surface area contributed by atoms with Crippen LogP contribution in [-0.4, -0.2) is 16.1 Å². The third kappa shape index (κ3) is 2.14. The smallest absolute Gasteiger partial charge is 0.337 e. The molecule has 0 aliphatic carbocycles. The maximum atomic E-state index is 10.6. The highest BCUT2D eigenvalue weighted by Gasteiger charge is 2.06. The van der Waals surface area contributed by atoms with Crippen molar-refractivity contribution in [3.8, 4) is 6.07 Å². The minimum Gasteiger partial charge on any atom is -0.478 e. The van der Waals surface area contributed by atoms with E-state index in [0.717, 1.165) is 0 Å². The van der Waals surface area contributed by atoms with Crippen molar-refractivity contribution in [1.29, 1.82) is 5.26 Å². The SMILES string of the molecule is N#CC=Cc1ncccc1C(=O)O. The highest BCUT2D eigenvalue weighted by molar-refractivity contribution is 5.91. The van der Waals surface area contributed by atoms with E-state index in [2.05, 4.69) is 4.98 Å². The van der Waals surface area contributed by atoms with Gasteiger partial charge in [-0.1, -0.05) is 0 Å². The van der Waals surface area contributed by atoms with E-state index in [1.807, 2.05) is 0 Å². The lowest BCUT2D eigenvalue weighted by Gasteiger charge is -1.96. The summed E-state index contributed by atoms with van der Waals surface area (Å²) in [5.74, 6) is -1.05. The first-order valence-corrected chi connectivity index (χ1v) is 3.50. The van der Waals surface area contributed by atoms with Gasteiger partial charge in [0.05, 0.1) is 17.3 Å². The molecule has 0 aromatic carbocycles. The monoisotopic (exact) mass is 174 g/mol. The van der Waals surface area contributed by atoms with Gasteiger partial charge in [-0.05, 0) is 18.2 Å². The summed E-state index contributed by atoms with van der Waals surface area (Å²) in [5.41, 5.74) is 0.380. The van der Waals surface area contributed by atoms with Gasteiger partial charge in [0.15, 0.2) is 0 Å². The number of aromatic carboxylic acids is 1. The zero-order valence-corrected chi connectivity index (χ0v) is 6.64. The highest BCUT2D eigenvalue weighted by atomic mass is 16.4. The molecule has 0 radical (unpaired) electrons. The first kappa shape index (κ1) is 8.94. The maximum absolute atomic E-state index is 10.6. The molecule has 0 bridgehead atoms. The fraction of sp³-hybridized carbons (Fsp3) is 0. The van der Waals surface area contributed by atoms with Crippen LogP contribution < -0.4 is 0 Å². The summed E-state index contributed by atoms with van der Waals surface area (Å²) in [4.78, 5) is 14.4. The largest absolute Gasteiger partial charge is 0.478 e. The van der Waals surface area contributed by atoms with E-state index in [-0.39, 0.29) is 11.3 Å². The van der Waals surface area contributed by atoms with E-state index in [1.165, 1.54) is 30.5 Å². The number of aromatic nitrogens is 1. The highest BCUT2D eigenvalue weighted by Crippen LogP contribution is 2.06. The molecule has 64 valence electrons. The van der Waals surface area contributed by atoms with E-state index in [0.29, 0.717) is 0 Å². The van der Waals surface area contributed by atoms with Crippen LogP contribution in [0.1, 0.15) is 16.1 Å². The third-order valence-electron chi connectivity index (χ3n) is 1.38. The lowest BCUT2D eigenvalue weighted by molar-refractivity contribution is 0.0696. The number of carboxylic acid groups (broad SMARTS) is 1. The summed E-state index contributed by atoms with van der Waals surface area (Å²) >= 11 is 0. The van der Waals surface area contributed by atoms with Gasteiger partial charge < -0.3 is 5.11 Å².